The molecular weight excluding hydrogens is 340 g/mol. The van der Waals surface area contributed by atoms with Gasteiger partial charge in [0.25, 0.3) is 0 Å². The van der Waals surface area contributed by atoms with Crippen LogP contribution in [0.2, 0.25) is 0 Å². The number of hydrogen-bond donors (Lipinski definition) is 2. The first-order valence-corrected chi connectivity index (χ1v) is 9.97. The molecule has 6 nitrogen and oxygen atoms in total. The van der Waals surface area contributed by atoms with E-state index in [1.54, 1.807) is 7.05 Å². The molecule has 2 amide bonds. The zero-order chi connectivity index (χ0) is 19.8. The van der Waals surface area contributed by atoms with Crippen LogP contribution in [0.15, 0.2) is 24.3 Å². The maximum absolute atomic E-state index is 12.6. The summed E-state index contributed by atoms with van der Waals surface area (Å²) in [7, 11) is 1.65. The van der Waals surface area contributed by atoms with E-state index in [1.165, 1.54) is 11.1 Å². The fraction of sp³-hybridized carbons (Fsp3) is 0.619. The first-order chi connectivity index (χ1) is 12.9. The Bertz CT molecular complexity index is 607. The summed E-state index contributed by atoms with van der Waals surface area (Å²) in [4.78, 5) is 28.1. The fourth-order valence-electron chi connectivity index (χ4n) is 3.45. The van der Waals surface area contributed by atoms with Crippen molar-refractivity contribution >= 4 is 11.8 Å². The van der Waals surface area contributed by atoms with Gasteiger partial charge >= 0.3 is 0 Å². The minimum atomic E-state index is 0.0188. The van der Waals surface area contributed by atoms with E-state index in [-0.39, 0.29) is 17.9 Å². The number of rotatable bonds is 8. The van der Waals surface area contributed by atoms with Crippen molar-refractivity contribution in [2.75, 3.05) is 46.3 Å². The molecule has 1 aromatic carbocycles. The molecule has 1 atom stereocenters. The normalized spacial score (nSPS) is 16.4. The molecule has 2 N–H and O–H groups in total. The summed E-state index contributed by atoms with van der Waals surface area (Å²) < 4.78 is 0. The third kappa shape index (κ3) is 6.33. The third-order valence-corrected chi connectivity index (χ3v) is 5.26. The molecule has 1 aliphatic heterocycles. The van der Waals surface area contributed by atoms with Crippen LogP contribution in [-0.4, -0.2) is 67.9 Å². The Labute approximate surface area is 163 Å². The molecule has 0 saturated carbocycles. The number of nitrogens with one attached hydrogen (secondary N) is 2. The number of nitrogens with zero attached hydrogens (tertiary/aromatic N) is 2. The Kier molecular flexibility index (Phi) is 8.25. The lowest BCUT2D eigenvalue weighted by Crippen LogP contribution is -2.52. The van der Waals surface area contributed by atoms with Gasteiger partial charge in [-0.15, -0.1) is 0 Å². The predicted molar refractivity (Wildman–Crippen MR) is 108 cm³/mol. The lowest BCUT2D eigenvalue weighted by Gasteiger charge is -2.34. The number of amides is 2. The van der Waals surface area contributed by atoms with Gasteiger partial charge in [-0.25, -0.2) is 0 Å². The Morgan fingerprint density at radius 1 is 1.07 bits per heavy atom. The van der Waals surface area contributed by atoms with Gasteiger partial charge in [-0.3, -0.25) is 14.5 Å². The second kappa shape index (κ2) is 10.4. The average Bonchev–Trinajstić information content (AvgIpc) is 2.68. The molecule has 1 aliphatic rings. The summed E-state index contributed by atoms with van der Waals surface area (Å²) in [6.45, 7) is 10.1. The number of aryl methyl sites for hydroxylation is 1. The third-order valence-electron chi connectivity index (χ3n) is 5.26. The number of piperazine rings is 1. The second-order valence-corrected chi connectivity index (χ2v) is 7.53. The molecular formula is C21H34N4O2. The topological polar surface area (TPSA) is 64.7 Å². The molecule has 0 aromatic heterocycles. The highest BCUT2D eigenvalue weighted by atomic mass is 16.2. The van der Waals surface area contributed by atoms with E-state index >= 15 is 0 Å². The van der Waals surface area contributed by atoms with Crippen LogP contribution >= 0.6 is 0 Å². The zero-order valence-corrected chi connectivity index (χ0v) is 17.1. The Morgan fingerprint density at radius 2 is 1.70 bits per heavy atom. The van der Waals surface area contributed by atoms with Crippen molar-refractivity contribution in [2.24, 2.45) is 5.92 Å². The minimum Gasteiger partial charge on any atom is -0.358 e. The van der Waals surface area contributed by atoms with E-state index in [1.807, 2.05) is 4.90 Å². The van der Waals surface area contributed by atoms with Crippen LogP contribution in [0.4, 0.5) is 0 Å². The number of carbonyl (C=O) groups excluding carboxylic acids is 2. The van der Waals surface area contributed by atoms with E-state index in [0.717, 1.165) is 19.5 Å². The van der Waals surface area contributed by atoms with Crippen molar-refractivity contribution in [3.63, 3.8) is 0 Å². The summed E-state index contributed by atoms with van der Waals surface area (Å²) in [6.07, 6.45) is 1.03. The maximum atomic E-state index is 12.6. The van der Waals surface area contributed by atoms with Crippen molar-refractivity contribution in [2.45, 2.75) is 33.2 Å². The van der Waals surface area contributed by atoms with Crippen LogP contribution in [0.1, 0.15) is 37.9 Å². The van der Waals surface area contributed by atoms with Gasteiger partial charge in [0.05, 0.1) is 13.1 Å². The van der Waals surface area contributed by atoms with Crippen molar-refractivity contribution in [3.8, 4) is 0 Å². The summed E-state index contributed by atoms with van der Waals surface area (Å²) in [6, 6.07) is 8.82. The number of likely N-dealkylation sites (N-methyl/N-ethyl adjacent to an activating group) is 1. The number of carbonyl (C=O) groups is 2. The van der Waals surface area contributed by atoms with Crippen LogP contribution in [0.25, 0.3) is 0 Å². The second-order valence-electron chi connectivity index (χ2n) is 7.53. The molecule has 0 unspecified atom stereocenters. The van der Waals surface area contributed by atoms with Gasteiger partial charge in [0.15, 0.2) is 0 Å². The Balaban J connectivity index is 1.84. The fourth-order valence-corrected chi connectivity index (χ4v) is 3.45. The zero-order valence-electron chi connectivity index (χ0n) is 17.1. The summed E-state index contributed by atoms with van der Waals surface area (Å²) >= 11 is 0. The monoisotopic (exact) mass is 374 g/mol. The van der Waals surface area contributed by atoms with Gasteiger partial charge in [0.1, 0.15) is 0 Å². The first kappa shape index (κ1) is 21.4. The highest BCUT2D eigenvalue weighted by Gasteiger charge is 2.23. The lowest BCUT2D eigenvalue weighted by molar-refractivity contribution is -0.132. The van der Waals surface area contributed by atoms with Crippen LogP contribution in [0.3, 0.4) is 0 Å². The van der Waals surface area contributed by atoms with Gasteiger partial charge in [-0.1, -0.05) is 45.0 Å². The first-order valence-electron chi connectivity index (χ1n) is 9.97. The van der Waals surface area contributed by atoms with E-state index in [4.69, 9.17) is 0 Å². The summed E-state index contributed by atoms with van der Waals surface area (Å²) in [5.41, 5.74) is 2.55. The van der Waals surface area contributed by atoms with Crippen molar-refractivity contribution in [1.29, 1.82) is 0 Å². The molecule has 27 heavy (non-hydrogen) atoms. The molecule has 2 rings (SSSR count). The van der Waals surface area contributed by atoms with Gasteiger partial charge in [0.2, 0.25) is 11.8 Å². The summed E-state index contributed by atoms with van der Waals surface area (Å²) in [5.74, 6) is 0.547. The van der Waals surface area contributed by atoms with Crippen molar-refractivity contribution in [3.05, 3.63) is 35.4 Å². The highest BCUT2D eigenvalue weighted by molar-refractivity contribution is 5.79. The van der Waals surface area contributed by atoms with Gasteiger partial charge in [-0.2, -0.15) is 0 Å². The molecule has 0 bridgehead atoms. The SMILES string of the molecule is CCc1ccc([C@H](NCC(=O)N2CCN(CC(=O)NC)CC2)C(C)C)cc1. The molecule has 1 heterocycles. The van der Waals surface area contributed by atoms with E-state index < -0.39 is 0 Å². The van der Waals surface area contributed by atoms with Crippen LogP contribution in [0, 0.1) is 5.92 Å². The Morgan fingerprint density at radius 3 is 2.22 bits per heavy atom. The van der Waals surface area contributed by atoms with Crippen LogP contribution in [-0.2, 0) is 16.0 Å². The van der Waals surface area contributed by atoms with Crippen molar-refractivity contribution in [1.82, 2.24) is 20.4 Å². The lowest BCUT2D eigenvalue weighted by atomic mass is 9.95. The molecule has 1 aromatic rings. The van der Waals surface area contributed by atoms with Crippen LogP contribution in [0.5, 0.6) is 0 Å². The quantitative estimate of drug-likeness (QED) is 0.722. The van der Waals surface area contributed by atoms with E-state index in [9.17, 15) is 9.59 Å². The van der Waals surface area contributed by atoms with Gasteiger partial charge in [0, 0.05) is 39.3 Å². The van der Waals surface area contributed by atoms with Crippen LogP contribution < -0.4 is 10.6 Å². The van der Waals surface area contributed by atoms with Crippen molar-refractivity contribution < 1.29 is 9.59 Å². The van der Waals surface area contributed by atoms with E-state index in [2.05, 4.69) is 60.6 Å². The maximum Gasteiger partial charge on any atom is 0.236 e. The minimum absolute atomic E-state index is 0.0188. The summed E-state index contributed by atoms with van der Waals surface area (Å²) in [5, 5.41) is 6.09. The average molecular weight is 375 g/mol. The largest absolute Gasteiger partial charge is 0.358 e. The molecule has 1 saturated heterocycles. The Hall–Kier alpha value is -1.92. The van der Waals surface area contributed by atoms with Gasteiger partial charge in [-0.05, 0) is 23.5 Å². The molecule has 0 spiro atoms. The molecule has 1 fully saturated rings. The van der Waals surface area contributed by atoms with E-state index in [0.29, 0.717) is 32.1 Å². The molecule has 6 heteroatoms. The molecule has 0 aliphatic carbocycles. The predicted octanol–water partition coefficient (Wildman–Crippen LogP) is 1.43. The molecule has 150 valence electrons. The molecule has 0 radical (unpaired) electrons. The number of benzene rings is 1. The standard InChI is InChI=1S/C21H34N4O2/c1-5-17-6-8-18(9-7-17)21(16(2)3)23-14-20(27)25-12-10-24(11-13-25)15-19(26)22-4/h6-9,16,21,23H,5,10-15H2,1-4H3,(H,22,26)/t21-/m1/s1. The van der Waals surface area contributed by atoms with Gasteiger partial charge < -0.3 is 15.5 Å². The smallest absolute Gasteiger partial charge is 0.236 e. The number of hydrogen-bond acceptors (Lipinski definition) is 4. The highest BCUT2D eigenvalue weighted by Crippen LogP contribution is 2.22.